The molecule has 1 aromatic heterocycles. The Bertz CT molecular complexity index is 403. The summed E-state index contributed by atoms with van der Waals surface area (Å²) < 4.78 is 0. The third-order valence-electron chi connectivity index (χ3n) is 4.42. The Morgan fingerprint density at radius 3 is 3.17 bits per heavy atom. The van der Waals surface area contributed by atoms with E-state index >= 15 is 0 Å². The van der Waals surface area contributed by atoms with Crippen molar-refractivity contribution in [2.45, 2.75) is 31.3 Å². The maximum Gasteiger partial charge on any atom is 0.0363 e. The molecule has 0 bridgehead atoms. The van der Waals surface area contributed by atoms with Gasteiger partial charge in [-0.1, -0.05) is 0 Å². The molecule has 0 saturated carbocycles. The van der Waals surface area contributed by atoms with Crippen molar-refractivity contribution in [1.82, 2.24) is 9.80 Å². The Balaban J connectivity index is 1.83. The topological polar surface area (TPSA) is 32.5 Å². The average Bonchev–Trinajstić information content (AvgIpc) is 2.86. The third kappa shape index (κ3) is 2.23. The van der Waals surface area contributed by atoms with E-state index in [0.717, 1.165) is 13.1 Å². The zero-order valence-electron chi connectivity index (χ0n) is 11.1. The summed E-state index contributed by atoms with van der Waals surface area (Å²) in [5.41, 5.74) is 7.58. The van der Waals surface area contributed by atoms with Crippen molar-refractivity contribution >= 4 is 11.3 Å². The summed E-state index contributed by atoms with van der Waals surface area (Å²) in [6.45, 7) is 4.23. The van der Waals surface area contributed by atoms with Crippen molar-refractivity contribution in [3.8, 4) is 0 Å². The highest BCUT2D eigenvalue weighted by atomic mass is 32.1. The molecule has 3 rings (SSSR count). The lowest BCUT2D eigenvalue weighted by atomic mass is 9.91. The van der Waals surface area contributed by atoms with E-state index in [2.05, 4.69) is 28.3 Å². The van der Waals surface area contributed by atoms with Gasteiger partial charge in [0.25, 0.3) is 0 Å². The number of fused-ring (bicyclic) bond motifs is 1. The number of nitrogens with two attached hydrogens (primary N) is 1. The van der Waals surface area contributed by atoms with Gasteiger partial charge in [0.15, 0.2) is 0 Å². The molecule has 2 aliphatic rings. The Morgan fingerprint density at radius 1 is 1.44 bits per heavy atom. The van der Waals surface area contributed by atoms with Crippen LogP contribution in [0.3, 0.4) is 0 Å². The van der Waals surface area contributed by atoms with Crippen LogP contribution in [0, 0.1) is 0 Å². The minimum Gasteiger partial charge on any atom is -0.329 e. The monoisotopic (exact) mass is 265 g/mol. The second-order valence-electron chi connectivity index (χ2n) is 5.60. The van der Waals surface area contributed by atoms with Gasteiger partial charge in [0.1, 0.15) is 0 Å². The smallest absolute Gasteiger partial charge is 0.0363 e. The number of rotatable bonds is 2. The van der Waals surface area contributed by atoms with Gasteiger partial charge in [-0.05, 0) is 43.3 Å². The van der Waals surface area contributed by atoms with Crippen molar-refractivity contribution in [3.63, 3.8) is 0 Å². The molecule has 4 heteroatoms. The van der Waals surface area contributed by atoms with Crippen LogP contribution in [-0.2, 0) is 6.42 Å². The normalized spacial score (nSPS) is 30.3. The highest BCUT2D eigenvalue weighted by molar-refractivity contribution is 7.10. The molecule has 0 radical (unpaired) electrons. The molecule has 2 atom stereocenters. The van der Waals surface area contributed by atoms with Crippen LogP contribution in [0.2, 0.25) is 0 Å². The molecule has 1 fully saturated rings. The highest BCUT2D eigenvalue weighted by Gasteiger charge is 2.33. The lowest BCUT2D eigenvalue weighted by Crippen LogP contribution is -2.56. The number of likely N-dealkylation sites (N-methyl/N-ethyl adjacent to an activating group) is 1. The van der Waals surface area contributed by atoms with Crippen LogP contribution in [-0.4, -0.2) is 49.1 Å². The van der Waals surface area contributed by atoms with E-state index < -0.39 is 0 Å². The van der Waals surface area contributed by atoms with Crippen molar-refractivity contribution in [3.05, 3.63) is 21.9 Å². The number of piperazine rings is 1. The summed E-state index contributed by atoms with van der Waals surface area (Å²) in [5.74, 6) is 0. The Morgan fingerprint density at radius 2 is 2.33 bits per heavy atom. The first-order valence-corrected chi connectivity index (χ1v) is 7.88. The van der Waals surface area contributed by atoms with Crippen LogP contribution in [0.4, 0.5) is 0 Å². The minimum atomic E-state index is 0.527. The number of aryl methyl sites for hydroxylation is 1. The predicted octanol–water partition coefficient (Wildman–Crippen LogP) is 1.70. The fraction of sp³-hybridized carbons (Fsp3) is 0.714. The first kappa shape index (κ1) is 12.6. The summed E-state index contributed by atoms with van der Waals surface area (Å²) in [5, 5.41) is 2.26. The molecule has 2 heterocycles. The lowest BCUT2D eigenvalue weighted by Gasteiger charge is -2.45. The second-order valence-corrected chi connectivity index (χ2v) is 6.60. The number of thiophene rings is 1. The molecule has 1 aliphatic heterocycles. The molecular formula is C14H23N3S. The van der Waals surface area contributed by atoms with E-state index in [1.807, 2.05) is 11.3 Å². The Kier molecular flexibility index (Phi) is 3.71. The van der Waals surface area contributed by atoms with Gasteiger partial charge in [-0.3, -0.25) is 4.90 Å². The first-order valence-electron chi connectivity index (χ1n) is 7.00. The molecule has 0 aromatic carbocycles. The van der Waals surface area contributed by atoms with Gasteiger partial charge in [-0.25, -0.2) is 0 Å². The SMILES string of the molecule is CN1CCN(C2CCCc3sccc32)C(CN)C1. The quantitative estimate of drug-likeness (QED) is 0.883. The third-order valence-corrected chi connectivity index (χ3v) is 5.42. The molecule has 0 amide bonds. The Labute approximate surface area is 114 Å². The van der Waals surface area contributed by atoms with E-state index in [9.17, 15) is 0 Å². The van der Waals surface area contributed by atoms with Crippen molar-refractivity contribution in [2.24, 2.45) is 5.73 Å². The molecule has 2 N–H and O–H groups in total. The van der Waals surface area contributed by atoms with Crippen molar-refractivity contribution < 1.29 is 0 Å². The number of hydrogen-bond acceptors (Lipinski definition) is 4. The fourth-order valence-corrected chi connectivity index (χ4v) is 4.43. The molecule has 1 aromatic rings. The molecule has 1 saturated heterocycles. The van der Waals surface area contributed by atoms with Crippen LogP contribution in [0.5, 0.6) is 0 Å². The van der Waals surface area contributed by atoms with E-state index in [4.69, 9.17) is 5.73 Å². The first-order chi connectivity index (χ1) is 8.79. The van der Waals surface area contributed by atoms with E-state index in [0.29, 0.717) is 12.1 Å². The summed E-state index contributed by atoms with van der Waals surface area (Å²) in [6, 6.07) is 3.50. The second kappa shape index (κ2) is 5.29. The minimum absolute atomic E-state index is 0.527. The van der Waals surface area contributed by atoms with Gasteiger partial charge in [0.05, 0.1) is 0 Å². The molecule has 0 spiro atoms. The van der Waals surface area contributed by atoms with Crippen molar-refractivity contribution in [1.29, 1.82) is 0 Å². The molecule has 1 aliphatic carbocycles. The van der Waals surface area contributed by atoms with Gasteiger partial charge in [-0.2, -0.15) is 0 Å². The maximum absolute atomic E-state index is 5.99. The molecule has 2 unspecified atom stereocenters. The van der Waals surface area contributed by atoms with Crippen LogP contribution in [0.1, 0.15) is 29.3 Å². The maximum atomic E-state index is 5.99. The number of nitrogens with zero attached hydrogens (tertiary/aromatic N) is 2. The molecule has 100 valence electrons. The molecule has 3 nitrogen and oxygen atoms in total. The fourth-order valence-electron chi connectivity index (χ4n) is 3.45. The van der Waals surface area contributed by atoms with E-state index in [-0.39, 0.29) is 0 Å². The Hall–Kier alpha value is -0.420. The van der Waals surface area contributed by atoms with Crippen molar-refractivity contribution in [2.75, 3.05) is 33.2 Å². The van der Waals surface area contributed by atoms with Gasteiger partial charge < -0.3 is 10.6 Å². The lowest BCUT2D eigenvalue weighted by molar-refractivity contribution is 0.0490. The standard InChI is InChI=1S/C14H23N3S/c1-16-6-7-17(11(9-15)10-16)13-3-2-4-14-12(13)5-8-18-14/h5,8,11,13H,2-4,6-7,9-10,15H2,1H3. The zero-order chi connectivity index (χ0) is 12.5. The zero-order valence-corrected chi connectivity index (χ0v) is 12.0. The van der Waals surface area contributed by atoms with Crippen LogP contribution < -0.4 is 5.73 Å². The van der Waals surface area contributed by atoms with Gasteiger partial charge >= 0.3 is 0 Å². The summed E-state index contributed by atoms with van der Waals surface area (Å²) in [6.07, 6.45) is 3.93. The highest BCUT2D eigenvalue weighted by Crippen LogP contribution is 2.38. The van der Waals surface area contributed by atoms with Gasteiger partial charge in [-0.15, -0.1) is 11.3 Å². The largest absolute Gasteiger partial charge is 0.329 e. The van der Waals surface area contributed by atoms with Crippen LogP contribution >= 0.6 is 11.3 Å². The number of hydrogen-bond donors (Lipinski definition) is 1. The van der Waals surface area contributed by atoms with Crippen LogP contribution in [0.15, 0.2) is 11.4 Å². The summed E-state index contributed by atoms with van der Waals surface area (Å²) >= 11 is 1.93. The molecule has 18 heavy (non-hydrogen) atoms. The van der Waals surface area contributed by atoms with Gasteiger partial charge in [0, 0.05) is 43.1 Å². The predicted molar refractivity (Wildman–Crippen MR) is 77.0 cm³/mol. The molecular weight excluding hydrogens is 242 g/mol. The van der Waals surface area contributed by atoms with Crippen LogP contribution in [0.25, 0.3) is 0 Å². The average molecular weight is 265 g/mol. The summed E-state index contributed by atoms with van der Waals surface area (Å²) in [4.78, 5) is 6.69. The van der Waals surface area contributed by atoms with Gasteiger partial charge in [0.2, 0.25) is 0 Å². The van der Waals surface area contributed by atoms with E-state index in [1.54, 1.807) is 10.4 Å². The summed E-state index contributed by atoms with van der Waals surface area (Å²) in [7, 11) is 2.21. The van der Waals surface area contributed by atoms with E-state index in [1.165, 1.54) is 32.4 Å².